The first-order valence-electron chi connectivity index (χ1n) is 7.74. The smallest absolute Gasteiger partial charge is 0.368 e. The van der Waals surface area contributed by atoms with E-state index in [0.29, 0.717) is 13.0 Å². The number of hydrogen-bond donors (Lipinski definition) is 1. The summed E-state index contributed by atoms with van der Waals surface area (Å²) in [5.74, 6) is -0.774. The predicted molar refractivity (Wildman–Crippen MR) is 86.5 cm³/mol. The second-order valence-electron chi connectivity index (χ2n) is 5.63. The van der Waals surface area contributed by atoms with Crippen molar-refractivity contribution >= 4 is 29.1 Å². The molecule has 5 nitrogen and oxygen atoms in total. The van der Waals surface area contributed by atoms with Gasteiger partial charge in [-0.2, -0.15) is 13.2 Å². The van der Waals surface area contributed by atoms with Gasteiger partial charge in [0.25, 0.3) is 0 Å². The third-order valence-electron chi connectivity index (χ3n) is 3.80. The highest BCUT2D eigenvalue weighted by Crippen LogP contribution is 2.35. The molecule has 1 heterocycles. The Hall–Kier alpha value is -1.80. The van der Waals surface area contributed by atoms with Crippen LogP contribution < -0.4 is 10.2 Å². The van der Waals surface area contributed by atoms with Crippen molar-refractivity contribution in [1.82, 2.24) is 5.32 Å². The molecule has 138 valence electrons. The zero-order valence-corrected chi connectivity index (χ0v) is 14.3. The van der Waals surface area contributed by atoms with Crippen LogP contribution in [-0.2, 0) is 20.5 Å². The van der Waals surface area contributed by atoms with E-state index in [1.165, 1.54) is 6.92 Å². The van der Waals surface area contributed by atoms with E-state index in [2.05, 4.69) is 5.32 Å². The predicted octanol–water partition coefficient (Wildman–Crippen LogP) is 3.01. The van der Waals surface area contributed by atoms with Crippen molar-refractivity contribution in [2.24, 2.45) is 0 Å². The van der Waals surface area contributed by atoms with Gasteiger partial charge in [0, 0.05) is 26.6 Å². The summed E-state index contributed by atoms with van der Waals surface area (Å²) < 4.78 is 43.9. The number of benzene rings is 1. The average Bonchev–Trinajstić information content (AvgIpc) is 3.05. The summed E-state index contributed by atoms with van der Waals surface area (Å²) in [4.78, 5) is 24.8. The number of ether oxygens (including phenoxy) is 1. The summed E-state index contributed by atoms with van der Waals surface area (Å²) in [6.07, 6.45) is -3.63. The lowest BCUT2D eigenvalue weighted by Crippen LogP contribution is -2.41. The highest BCUT2D eigenvalue weighted by Gasteiger charge is 2.32. The maximum atomic E-state index is 12.9. The van der Waals surface area contributed by atoms with Crippen molar-refractivity contribution in [3.8, 4) is 0 Å². The van der Waals surface area contributed by atoms with Crippen LogP contribution in [0.5, 0.6) is 0 Å². The number of alkyl halides is 3. The number of carbonyl (C=O) groups is 2. The molecule has 1 aliphatic rings. The number of anilines is 1. The molecule has 0 saturated carbocycles. The SMILES string of the molecule is CC(=O)N(CCNC(=O)C1CCCO1)c1cc(C(F)(F)F)ccc1Cl. The Balaban J connectivity index is 2.07. The van der Waals surface area contributed by atoms with Crippen molar-refractivity contribution in [1.29, 1.82) is 0 Å². The van der Waals surface area contributed by atoms with E-state index in [4.69, 9.17) is 16.3 Å². The third-order valence-corrected chi connectivity index (χ3v) is 4.12. The molecular formula is C16H18ClF3N2O3. The largest absolute Gasteiger partial charge is 0.416 e. The monoisotopic (exact) mass is 378 g/mol. The van der Waals surface area contributed by atoms with Gasteiger partial charge in [-0.05, 0) is 31.0 Å². The Kier molecular flexibility index (Phi) is 6.29. The fourth-order valence-corrected chi connectivity index (χ4v) is 2.75. The summed E-state index contributed by atoms with van der Waals surface area (Å²) in [5.41, 5.74) is -0.947. The fourth-order valence-electron chi connectivity index (χ4n) is 2.53. The van der Waals surface area contributed by atoms with Gasteiger partial charge in [-0.15, -0.1) is 0 Å². The number of amides is 2. The van der Waals surface area contributed by atoms with Gasteiger partial charge in [-0.3, -0.25) is 9.59 Å². The summed E-state index contributed by atoms with van der Waals surface area (Å²) in [7, 11) is 0. The van der Waals surface area contributed by atoms with Crippen molar-refractivity contribution in [2.45, 2.75) is 32.0 Å². The molecule has 1 N–H and O–H groups in total. The minimum Gasteiger partial charge on any atom is -0.368 e. The molecule has 2 amide bonds. The highest BCUT2D eigenvalue weighted by molar-refractivity contribution is 6.33. The average molecular weight is 379 g/mol. The van der Waals surface area contributed by atoms with E-state index < -0.39 is 23.8 Å². The van der Waals surface area contributed by atoms with Crippen LogP contribution in [0.2, 0.25) is 5.02 Å². The maximum Gasteiger partial charge on any atom is 0.416 e. The number of nitrogens with one attached hydrogen (secondary N) is 1. The number of nitrogens with zero attached hydrogens (tertiary/aromatic N) is 1. The minimum absolute atomic E-state index is 0.00514. The molecule has 1 aromatic rings. The summed E-state index contributed by atoms with van der Waals surface area (Å²) in [6.45, 7) is 1.82. The molecule has 9 heteroatoms. The first-order chi connectivity index (χ1) is 11.7. The molecule has 1 atom stereocenters. The van der Waals surface area contributed by atoms with Gasteiger partial charge in [-0.25, -0.2) is 0 Å². The van der Waals surface area contributed by atoms with Crippen molar-refractivity contribution < 1.29 is 27.5 Å². The fraction of sp³-hybridized carbons (Fsp3) is 0.500. The topological polar surface area (TPSA) is 58.6 Å². The van der Waals surface area contributed by atoms with Gasteiger partial charge in [-0.1, -0.05) is 11.6 Å². The Morgan fingerprint density at radius 1 is 1.40 bits per heavy atom. The second-order valence-corrected chi connectivity index (χ2v) is 6.03. The Labute approximate surface area is 148 Å². The van der Waals surface area contributed by atoms with E-state index in [1.807, 2.05) is 0 Å². The molecular weight excluding hydrogens is 361 g/mol. The molecule has 1 saturated heterocycles. The Bertz CT molecular complexity index is 646. The van der Waals surface area contributed by atoms with E-state index in [9.17, 15) is 22.8 Å². The van der Waals surface area contributed by atoms with E-state index in [-0.39, 0.29) is 29.7 Å². The van der Waals surface area contributed by atoms with Crippen LogP contribution in [0.3, 0.4) is 0 Å². The van der Waals surface area contributed by atoms with Crippen molar-refractivity contribution in [3.63, 3.8) is 0 Å². The molecule has 0 radical (unpaired) electrons. The zero-order chi connectivity index (χ0) is 18.6. The van der Waals surface area contributed by atoms with Crippen LogP contribution in [0.15, 0.2) is 18.2 Å². The molecule has 25 heavy (non-hydrogen) atoms. The molecule has 1 unspecified atom stereocenters. The molecule has 2 rings (SSSR count). The third kappa shape index (κ3) is 5.09. The molecule has 0 bridgehead atoms. The van der Waals surface area contributed by atoms with E-state index >= 15 is 0 Å². The van der Waals surface area contributed by atoms with Crippen LogP contribution in [-0.4, -0.2) is 37.6 Å². The van der Waals surface area contributed by atoms with Crippen LogP contribution in [0.25, 0.3) is 0 Å². The van der Waals surface area contributed by atoms with E-state index in [1.54, 1.807) is 0 Å². The van der Waals surface area contributed by atoms with Crippen molar-refractivity contribution in [2.75, 3.05) is 24.6 Å². The summed E-state index contributed by atoms with van der Waals surface area (Å²) >= 11 is 5.96. The lowest BCUT2D eigenvalue weighted by atomic mass is 10.1. The van der Waals surface area contributed by atoms with Crippen LogP contribution >= 0.6 is 11.6 Å². The number of hydrogen-bond acceptors (Lipinski definition) is 3. The molecule has 0 spiro atoms. The van der Waals surface area contributed by atoms with Crippen LogP contribution in [0, 0.1) is 0 Å². The van der Waals surface area contributed by atoms with Gasteiger partial charge in [0.1, 0.15) is 6.10 Å². The standard InChI is InChI=1S/C16H18ClF3N2O3/c1-10(23)22(7-6-21-15(24)14-3-2-8-25-14)13-9-11(16(18,19)20)4-5-12(13)17/h4-5,9,14H,2-3,6-8H2,1H3,(H,21,24). The molecule has 1 fully saturated rings. The highest BCUT2D eigenvalue weighted by atomic mass is 35.5. The molecule has 1 aliphatic heterocycles. The minimum atomic E-state index is -4.55. The Morgan fingerprint density at radius 3 is 2.68 bits per heavy atom. The van der Waals surface area contributed by atoms with E-state index in [0.717, 1.165) is 29.5 Å². The quantitative estimate of drug-likeness (QED) is 0.857. The van der Waals surface area contributed by atoms with Crippen molar-refractivity contribution in [3.05, 3.63) is 28.8 Å². The number of halogens is 4. The van der Waals surface area contributed by atoms with Gasteiger partial charge in [0.2, 0.25) is 11.8 Å². The summed E-state index contributed by atoms with van der Waals surface area (Å²) in [5, 5.41) is 2.64. The number of carbonyl (C=O) groups excluding carboxylic acids is 2. The zero-order valence-electron chi connectivity index (χ0n) is 13.5. The first-order valence-corrected chi connectivity index (χ1v) is 8.12. The Morgan fingerprint density at radius 2 is 2.12 bits per heavy atom. The van der Waals surface area contributed by atoms with Gasteiger partial charge in [0.15, 0.2) is 0 Å². The van der Waals surface area contributed by atoms with Gasteiger partial charge >= 0.3 is 6.18 Å². The number of rotatable bonds is 5. The summed E-state index contributed by atoms with van der Waals surface area (Å²) in [6, 6.07) is 2.77. The normalized spacial score (nSPS) is 17.4. The maximum absolute atomic E-state index is 12.9. The lowest BCUT2D eigenvalue weighted by Gasteiger charge is -2.24. The first kappa shape index (κ1) is 19.5. The lowest BCUT2D eigenvalue weighted by molar-refractivity contribution is -0.137. The van der Waals surface area contributed by atoms with Crippen LogP contribution in [0.4, 0.5) is 18.9 Å². The van der Waals surface area contributed by atoms with Crippen LogP contribution in [0.1, 0.15) is 25.3 Å². The second kappa shape index (κ2) is 8.05. The molecule has 0 aliphatic carbocycles. The molecule has 1 aromatic carbocycles. The van der Waals surface area contributed by atoms with Gasteiger partial charge < -0.3 is 15.0 Å². The van der Waals surface area contributed by atoms with Gasteiger partial charge in [0.05, 0.1) is 16.3 Å². The molecule has 0 aromatic heterocycles.